The molecule has 0 spiro atoms. The van der Waals surface area contributed by atoms with Crippen LogP contribution < -0.4 is 20.3 Å². The number of amides is 2. The summed E-state index contributed by atoms with van der Waals surface area (Å²) in [6.07, 6.45) is 0. The largest absolute Gasteiger partial charge is 0.477 e. The highest BCUT2D eigenvalue weighted by molar-refractivity contribution is 5.90. The van der Waals surface area contributed by atoms with Crippen LogP contribution in [0.25, 0.3) is 5.69 Å². The van der Waals surface area contributed by atoms with Crippen molar-refractivity contribution in [2.45, 2.75) is 32.7 Å². The summed E-state index contributed by atoms with van der Waals surface area (Å²) in [5.41, 5.74) is 5.28. The van der Waals surface area contributed by atoms with Gasteiger partial charge >= 0.3 is 6.03 Å². The molecule has 1 fully saturated rings. The van der Waals surface area contributed by atoms with E-state index in [1.807, 2.05) is 50.2 Å². The Hall–Kier alpha value is -4.26. The molecule has 1 saturated heterocycles. The molecule has 0 radical (unpaired) electrons. The molecule has 7 heteroatoms. The fourth-order valence-electron chi connectivity index (χ4n) is 5.07. The van der Waals surface area contributed by atoms with E-state index in [0.717, 1.165) is 24.3 Å². The predicted molar refractivity (Wildman–Crippen MR) is 148 cm³/mol. The van der Waals surface area contributed by atoms with Crippen LogP contribution in [0.2, 0.25) is 0 Å². The second kappa shape index (κ2) is 10.8. The van der Waals surface area contributed by atoms with Crippen LogP contribution in [0.5, 0.6) is 5.88 Å². The molecule has 37 heavy (non-hydrogen) atoms. The lowest BCUT2D eigenvalue weighted by Gasteiger charge is -2.21. The summed E-state index contributed by atoms with van der Waals surface area (Å²) in [4.78, 5) is 15.8. The van der Waals surface area contributed by atoms with Crippen molar-refractivity contribution in [3.63, 3.8) is 0 Å². The van der Waals surface area contributed by atoms with E-state index in [0.29, 0.717) is 18.3 Å². The maximum Gasteiger partial charge on any atom is 0.320 e. The van der Waals surface area contributed by atoms with Gasteiger partial charge in [0, 0.05) is 24.7 Å². The van der Waals surface area contributed by atoms with Gasteiger partial charge in [0.1, 0.15) is 5.82 Å². The molecule has 0 bridgehead atoms. The van der Waals surface area contributed by atoms with Gasteiger partial charge < -0.3 is 15.0 Å². The zero-order valence-corrected chi connectivity index (χ0v) is 21.5. The number of nitrogens with zero attached hydrogens (tertiary/aromatic N) is 3. The lowest BCUT2D eigenvalue weighted by atomic mass is 9.94. The molecular formula is C30H33N5O2. The summed E-state index contributed by atoms with van der Waals surface area (Å²) in [7, 11) is 0. The Morgan fingerprint density at radius 3 is 2.32 bits per heavy atom. The number of benzene rings is 3. The Kier molecular flexibility index (Phi) is 7.12. The molecule has 4 aromatic rings. The Morgan fingerprint density at radius 1 is 0.946 bits per heavy atom. The number of para-hydroxylation sites is 2. The molecule has 1 aromatic heterocycles. The Balaban J connectivity index is 1.40. The van der Waals surface area contributed by atoms with E-state index in [4.69, 9.17) is 4.74 Å². The van der Waals surface area contributed by atoms with E-state index >= 15 is 0 Å². The van der Waals surface area contributed by atoms with Crippen molar-refractivity contribution in [1.82, 2.24) is 15.1 Å². The molecule has 2 N–H and O–H groups in total. The fourth-order valence-corrected chi connectivity index (χ4v) is 5.07. The molecule has 3 aromatic carbocycles. The van der Waals surface area contributed by atoms with Crippen LogP contribution in [-0.4, -0.2) is 41.5 Å². The summed E-state index contributed by atoms with van der Waals surface area (Å²) in [5, 5.41) is 11.0. The van der Waals surface area contributed by atoms with Crippen LogP contribution >= 0.6 is 0 Å². The number of aryl methyl sites for hydroxylation is 1. The molecule has 0 aliphatic carbocycles. The number of anilines is 2. The number of urea groups is 1. The standard InChI is InChI=1S/C30H33N5O2/c1-4-37-29-22(3)28(35(33-29)24-16-9-6-10-17-24)32-30(36)31-26-20-34(27-18-12-11-13-21(27)2)19-25(26)23-14-7-5-8-15-23/h5-18,25-26H,4,19-20H2,1-3H3,(H2,31,32,36)/t25-,26+/m0/s1. The average Bonchev–Trinajstić information content (AvgIpc) is 3.47. The third kappa shape index (κ3) is 5.16. The van der Waals surface area contributed by atoms with E-state index in [9.17, 15) is 4.79 Å². The number of carbonyl (C=O) groups is 1. The summed E-state index contributed by atoms with van der Waals surface area (Å²) >= 11 is 0. The summed E-state index contributed by atoms with van der Waals surface area (Å²) < 4.78 is 7.46. The van der Waals surface area contributed by atoms with Crippen molar-refractivity contribution >= 4 is 17.5 Å². The van der Waals surface area contributed by atoms with Gasteiger partial charge in [0.25, 0.3) is 0 Å². The monoisotopic (exact) mass is 495 g/mol. The molecule has 2 heterocycles. The molecule has 2 amide bonds. The Morgan fingerprint density at radius 2 is 1.62 bits per heavy atom. The molecule has 1 aliphatic heterocycles. The van der Waals surface area contributed by atoms with Crippen LogP contribution in [0.15, 0.2) is 84.9 Å². The van der Waals surface area contributed by atoms with E-state index in [-0.39, 0.29) is 18.0 Å². The number of ether oxygens (including phenoxy) is 1. The first-order chi connectivity index (χ1) is 18.0. The maximum absolute atomic E-state index is 13.4. The second-order valence-corrected chi connectivity index (χ2v) is 9.37. The molecule has 1 aliphatic rings. The molecule has 0 saturated carbocycles. The van der Waals surface area contributed by atoms with Gasteiger partial charge in [-0.25, -0.2) is 9.48 Å². The van der Waals surface area contributed by atoms with Crippen LogP contribution in [0.3, 0.4) is 0 Å². The minimum absolute atomic E-state index is 0.0678. The van der Waals surface area contributed by atoms with Crippen molar-refractivity contribution in [2.75, 3.05) is 29.9 Å². The van der Waals surface area contributed by atoms with Gasteiger partial charge in [0.2, 0.25) is 5.88 Å². The number of aromatic nitrogens is 2. The second-order valence-electron chi connectivity index (χ2n) is 9.37. The van der Waals surface area contributed by atoms with Gasteiger partial charge in [-0.15, -0.1) is 5.10 Å². The van der Waals surface area contributed by atoms with Crippen molar-refractivity contribution in [2.24, 2.45) is 0 Å². The van der Waals surface area contributed by atoms with Crippen LogP contribution in [0.1, 0.15) is 29.5 Å². The molecule has 0 unspecified atom stereocenters. The molecular weight excluding hydrogens is 462 g/mol. The topological polar surface area (TPSA) is 71.4 Å². The van der Waals surface area contributed by atoms with Crippen molar-refractivity contribution in [3.8, 4) is 11.6 Å². The summed E-state index contributed by atoms with van der Waals surface area (Å²) in [6.45, 7) is 8.01. The summed E-state index contributed by atoms with van der Waals surface area (Å²) in [6, 6.07) is 28.2. The third-order valence-corrected chi connectivity index (χ3v) is 6.91. The lowest BCUT2D eigenvalue weighted by Crippen LogP contribution is -2.42. The fraction of sp³-hybridized carbons (Fsp3) is 0.267. The van der Waals surface area contributed by atoms with Gasteiger partial charge in [-0.05, 0) is 50.1 Å². The maximum atomic E-state index is 13.4. The first kappa shape index (κ1) is 24.4. The van der Waals surface area contributed by atoms with E-state index in [1.54, 1.807) is 4.68 Å². The zero-order chi connectivity index (χ0) is 25.8. The smallest absolute Gasteiger partial charge is 0.320 e. The van der Waals surface area contributed by atoms with E-state index in [1.165, 1.54) is 16.8 Å². The van der Waals surface area contributed by atoms with Crippen molar-refractivity contribution in [3.05, 3.63) is 102 Å². The lowest BCUT2D eigenvalue weighted by molar-refractivity contribution is 0.248. The molecule has 2 atom stereocenters. The van der Waals surface area contributed by atoms with Gasteiger partial charge in [-0.2, -0.15) is 0 Å². The number of rotatable bonds is 7. The van der Waals surface area contributed by atoms with E-state index < -0.39 is 0 Å². The van der Waals surface area contributed by atoms with Gasteiger partial charge in [0.15, 0.2) is 0 Å². The molecule has 190 valence electrons. The first-order valence-corrected chi connectivity index (χ1v) is 12.8. The number of hydrogen-bond acceptors (Lipinski definition) is 4. The first-order valence-electron chi connectivity index (χ1n) is 12.8. The molecule has 7 nitrogen and oxygen atoms in total. The Bertz CT molecular complexity index is 1350. The van der Waals surface area contributed by atoms with E-state index in [2.05, 4.69) is 76.1 Å². The van der Waals surface area contributed by atoms with Crippen molar-refractivity contribution in [1.29, 1.82) is 0 Å². The highest BCUT2D eigenvalue weighted by Crippen LogP contribution is 2.33. The average molecular weight is 496 g/mol. The third-order valence-electron chi connectivity index (χ3n) is 6.91. The van der Waals surface area contributed by atoms with Crippen LogP contribution in [0.4, 0.5) is 16.3 Å². The van der Waals surface area contributed by atoms with Gasteiger partial charge in [0.05, 0.1) is 23.9 Å². The van der Waals surface area contributed by atoms with Crippen LogP contribution in [0, 0.1) is 13.8 Å². The summed E-state index contributed by atoms with van der Waals surface area (Å²) in [5.74, 6) is 1.26. The molecule has 5 rings (SSSR count). The van der Waals surface area contributed by atoms with Crippen LogP contribution in [-0.2, 0) is 0 Å². The zero-order valence-electron chi connectivity index (χ0n) is 21.5. The minimum atomic E-state index is -0.263. The highest BCUT2D eigenvalue weighted by atomic mass is 16.5. The minimum Gasteiger partial charge on any atom is -0.477 e. The van der Waals surface area contributed by atoms with Crippen molar-refractivity contribution < 1.29 is 9.53 Å². The number of hydrogen-bond donors (Lipinski definition) is 2. The quantitative estimate of drug-likeness (QED) is 0.346. The highest BCUT2D eigenvalue weighted by Gasteiger charge is 2.35. The number of nitrogens with one attached hydrogen (secondary N) is 2. The normalized spacial score (nSPS) is 17.0. The van der Waals surface area contributed by atoms with Gasteiger partial charge in [-0.3, -0.25) is 5.32 Å². The predicted octanol–water partition coefficient (Wildman–Crippen LogP) is 5.68. The SMILES string of the molecule is CCOc1nn(-c2ccccc2)c(NC(=O)N[C@@H]2CN(c3ccccc3C)C[C@H]2c2ccccc2)c1C. The van der Waals surface area contributed by atoms with Gasteiger partial charge in [-0.1, -0.05) is 66.7 Å². The number of carbonyl (C=O) groups excluding carboxylic acids is 1. The Labute approximate surface area is 218 Å².